The molecule has 0 rings (SSSR count). The van der Waals surface area contributed by atoms with E-state index in [0.717, 1.165) is 13.1 Å². The first-order valence-electron chi connectivity index (χ1n) is 8.46. The Kier molecular flexibility index (Phi) is 17.3. The number of likely N-dealkylation sites (N-methyl/N-ethyl adjacent to an activating group) is 1. The van der Waals surface area contributed by atoms with Crippen LogP contribution in [0, 0.1) is 0 Å². The van der Waals surface area contributed by atoms with Crippen molar-refractivity contribution in [3.8, 4) is 0 Å². The summed E-state index contributed by atoms with van der Waals surface area (Å²) in [7, 11) is 7.64. The standard InChI is InChI=1S/C8H19N2.2C4H9N.C2H6N.Mo/c1-8(2,3)9-6-7-10(4)5;2*1-4(2,3)5;1-3-2;/h6-7H2,1-5H3;2*1-3H3;1-2H3;/q-1;;;-1;+2. The van der Waals surface area contributed by atoms with E-state index in [0.29, 0.717) is 0 Å². The van der Waals surface area contributed by atoms with E-state index in [1.54, 1.807) is 14.1 Å². The zero-order valence-corrected chi connectivity index (χ0v) is 20.6. The molecular weight excluding hydrogens is 382 g/mol. The molecule has 0 aliphatic heterocycles. The van der Waals surface area contributed by atoms with Gasteiger partial charge in [-0.3, -0.25) is 0 Å². The molecule has 5 nitrogen and oxygen atoms in total. The third kappa shape index (κ3) is 43.2. The molecule has 0 spiro atoms. The van der Waals surface area contributed by atoms with Gasteiger partial charge in [-0.15, -0.1) is 12.1 Å². The van der Waals surface area contributed by atoms with Gasteiger partial charge in [-0.05, 0) is 20.6 Å². The average Bonchev–Trinajstić information content (AvgIpc) is 2.24. The van der Waals surface area contributed by atoms with Crippen molar-refractivity contribution >= 4 is 0 Å². The Hall–Kier alpha value is 0.168. The average molecular weight is 426 g/mol. The maximum Gasteiger partial charge on any atom is -0.0138 e. The van der Waals surface area contributed by atoms with Crippen LogP contribution in [-0.4, -0.2) is 62.8 Å². The summed E-state index contributed by atoms with van der Waals surface area (Å²) < 4.78 is 9.01. The van der Waals surface area contributed by atoms with Crippen LogP contribution in [0.4, 0.5) is 0 Å². The maximum absolute atomic E-state index is 4.51. The minimum atomic E-state index is -0.473. The van der Waals surface area contributed by atoms with Crippen molar-refractivity contribution in [2.45, 2.75) is 78.9 Å². The van der Waals surface area contributed by atoms with Crippen molar-refractivity contribution in [2.75, 3.05) is 41.3 Å². The second-order valence-corrected chi connectivity index (χ2v) is 10.2. The molecule has 0 aromatic heterocycles. The fraction of sp³-hybridized carbons (Fsp3) is 1.00. The van der Waals surface area contributed by atoms with Crippen LogP contribution in [0.15, 0.2) is 6.99 Å². The summed E-state index contributed by atoms with van der Waals surface area (Å²) in [5, 5.41) is 7.96. The smallest absolute Gasteiger partial charge is 0.0138 e. The second kappa shape index (κ2) is 14.3. The second-order valence-electron chi connectivity index (χ2n) is 8.91. The number of hydrogen-bond acceptors (Lipinski definition) is 3. The molecule has 0 fully saturated rings. The summed E-state index contributed by atoms with van der Waals surface area (Å²) in [6.45, 7) is 21.1. The largest absolute Gasteiger partial charge is 0.668 e. The number of nitrogens with zero attached hydrogens (tertiary/aromatic N) is 5. The van der Waals surface area contributed by atoms with Crippen LogP contribution in [-0.2, 0) is 18.2 Å². The summed E-state index contributed by atoms with van der Waals surface area (Å²) >= 11 is -0.473. The van der Waals surface area contributed by atoms with E-state index in [2.05, 4.69) is 98.9 Å². The molecule has 0 saturated carbocycles. The normalized spacial score (nSPS) is 11.6. The van der Waals surface area contributed by atoms with Crippen molar-refractivity contribution in [1.82, 2.24) is 4.90 Å². The van der Waals surface area contributed by atoms with E-state index in [4.69, 9.17) is 0 Å². The van der Waals surface area contributed by atoms with Gasteiger partial charge < -0.3 is 15.5 Å². The van der Waals surface area contributed by atoms with Gasteiger partial charge in [0.15, 0.2) is 0 Å². The molecule has 146 valence electrons. The van der Waals surface area contributed by atoms with Gasteiger partial charge in [0.1, 0.15) is 0 Å². The first kappa shape index (κ1) is 29.0. The van der Waals surface area contributed by atoms with Crippen molar-refractivity contribution < 1.29 is 18.2 Å². The van der Waals surface area contributed by atoms with Gasteiger partial charge >= 0.3 is 77.8 Å². The quantitative estimate of drug-likeness (QED) is 0.561. The Balaban J connectivity index is -0.000000317. The molecule has 0 radical (unpaired) electrons. The van der Waals surface area contributed by atoms with Crippen LogP contribution in [0.1, 0.15) is 62.3 Å². The van der Waals surface area contributed by atoms with Crippen molar-refractivity contribution in [3.63, 3.8) is 0 Å². The van der Waals surface area contributed by atoms with E-state index in [9.17, 15) is 0 Å². The summed E-state index contributed by atoms with van der Waals surface area (Å²) in [5.74, 6) is 0. The van der Waals surface area contributed by atoms with Gasteiger partial charge in [0, 0.05) is 0 Å². The van der Waals surface area contributed by atoms with Gasteiger partial charge in [0.2, 0.25) is 0 Å². The van der Waals surface area contributed by atoms with E-state index in [1.807, 2.05) is 0 Å². The van der Waals surface area contributed by atoms with E-state index in [-0.39, 0.29) is 16.6 Å². The van der Waals surface area contributed by atoms with Crippen molar-refractivity contribution in [1.29, 1.82) is 0 Å². The maximum atomic E-state index is 4.51. The zero-order chi connectivity index (χ0) is 20.0. The van der Waals surface area contributed by atoms with Gasteiger partial charge in [-0.1, -0.05) is 20.8 Å². The predicted molar refractivity (Wildman–Crippen MR) is 106 cm³/mol. The van der Waals surface area contributed by atoms with Gasteiger partial charge in [-0.2, -0.15) is 14.1 Å². The zero-order valence-electron chi connectivity index (χ0n) is 18.6. The minimum absolute atomic E-state index is 0.108. The molecule has 0 N–H and O–H groups in total. The van der Waals surface area contributed by atoms with Crippen molar-refractivity contribution in [2.24, 2.45) is 6.99 Å². The minimum Gasteiger partial charge on any atom is -0.668 e. The molecule has 24 heavy (non-hydrogen) atoms. The van der Waals surface area contributed by atoms with Crippen molar-refractivity contribution in [3.05, 3.63) is 10.6 Å². The molecule has 0 aliphatic carbocycles. The summed E-state index contributed by atoms with van der Waals surface area (Å²) in [4.78, 5) is 2.15. The first-order chi connectivity index (χ1) is 10.5. The molecule has 0 saturated heterocycles. The molecule has 0 aromatic rings. The summed E-state index contributed by atoms with van der Waals surface area (Å²) in [5.41, 5.74) is 0.351. The third-order valence-electron chi connectivity index (χ3n) is 1.76. The van der Waals surface area contributed by atoms with E-state index in [1.165, 1.54) is 0 Å². The fourth-order valence-electron chi connectivity index (χ4n) is 0.851. The fourth-order valence-corrected chi connectivity index (χ4v) is 2.16. The predicted octanol–water partition coefficient (Wildman–Crippen LogP) is 5.37. The Morgan fingerprint density at radius 1 is 0.792 bits per heavy atom. The van der Waals surface area contributed by atoms with Gasteiger partial charge in [-0.25, -0.2) is 0 Å². The Labute approximate surface area is 161 Å². The topological polar surface area (TPSA) is 56.2 Å². The molecule has 6 heteroatoms. The van der Waals surface area contributed by atoms with Crippen LogP contribution in [0.2, 0.25) is 0 Å². The van der Waals surface area contributed by atoms with Crippen LogP contribution in [0.5, 0.6) is 0 Å². The number of hydrogen-bond donors (Lipinski definition) is 0. The summed E-state index contributed by atoms with van der Waals surface area (Å²) in [6, 6.07) is 0. The Bertz CT molecular complexity index is 322. The molecule has 0 bridgehead atoms. The number of rotatable bonds is 3. The van der Waals surface area contributed by atoms with Gasteiger partial charge in [0.05, 0.1) is 0 Å². The Morgan fingerprint density at radius 3 is 1.33 bits per heavy atom. The van der Waals surface area contributed by atoms with Crippen LogP contribution < -0.4 is 0 Å². The SMILES string of the molecule is CC(C)(C)[N]=[Mo+2]=[N]C(C)(C)C.CN(C)CC[N-]C(C)(C)C.C[N-]C. The summed E-state index contributed by atoms with van der Waals surface area (Å²) in [6.07, 6.45) is 0. The molecule has 0 unspecified atom stereocenters. The van der Waals surface area contributed by atoms with Gasteiger partial charge in [0.25, 0.3) is 0 Å². The van der Waals surface area contributed by atoms with E-state index >= 15 is 0 Å². The van der Waals surface area contributed by atoms with Crippen LogP contribution in [0.3, 0.4) is 0 Å². The van der Waals surface area contributed by atoms with E-state index < -0.39 is 18.2 Å². The Morgan fingerprint density at radius 2 is 1.12 bits per heavy atom. The molecule has 0 aliphatic rings. The molecule has 0 heterocycles. The third-order valence-corrected chi connectivity index (χ3v) is 4.86. The first-order valence-corrected chi connectivity index (χ1v) is 10.3. The van der Waals surface area contributed by atoms with Crippen LogP contribution in [0.25, 0.3) is 10.6 Å². The monoisotopic (exact) mass is 427 g/mol. The van der Waals surface area contributed by atoms with Crippen LogP contribution >= 0.6 is 0 Å². The molecule has 0 aromatic carbocycles. The molecule has 0 atom stereocenters. The molecular formula is C18H43MoN5. The molecule has 0 amide bonds.